The van der Waals surface area contributed by atoms with Gasteiger partial charge in [0.25, 0.3) is 0 Å². The number of nitrogens with one attached hydrogen (secondary N) is 1. The Balaban J connectivity index is 1.71. The molecule has 1 unspecified atom stereocenters. The van der Waals surface area contributed by atoms with Crippen molar-refractivity contribution < 1.29 is 9.84 Å². The molecule has 0 radical (unpaired) electrons. The zero-order valence-corrected chi connectivity index (χ0v) is 12.8. The van der Waals surface area contributed by atoms with E-state index >= 15 is 0 Å². The number of halogens is 1. The maximum Gasteiger partial charge on any atom is 0.120 e. The molecule has 108 valence electrons. The third kappa shape index (κ3) is 4.80. The fraction of sp³-hybridized carbons (Fsp3) is 0.333. The van der Waals surface area contributed by atoms with Crippen molar-refractivity contribution in [1.82, 2.24) is 5.32 Å². The lowest BCUT2D eigenvalue weighted by Gasteiger charge is -2.16. The van der Waals surface area contributed by atoms with Crippen LogP contribution < -0.4 is 10.1 Å². The second-order valence-electron chi connectivity index (χ2n) is 4.57. The van der Waals surface area contributed by atoms with Crippen molar-refractivity contribution in [3.05, 3.63) is 51.7 Å². The van der Waals surface area contributed by atoms with Crippen molar-refractivity contribution in [3.8, 4) is 5.75 Å². The minimum absolute atomic E-state index is 0.232. The molecule has 1 aromatic carbocycles. The number of aliphatic hydroxyl groups is 1. The summed E-state index contributed by atoms with van der Waals surface area (Å²) in [7, 11) is 0. The van der Waals surface area contributed by atoms with E-state index in [1.807, 2.05) is 23.6 Å². The Bertz CT molecular complexity index is 518. The van der Waals surface area contributed by atoms with Crippen LogP contribution in [0.4, 0.5) is 0 Å². The number of thiophene rings is 1. The highest BCUT2D eigenvalue weighted by Crippen LogP contribution is 2.18. The van der Waals surface area contributed by atoms with Gasteiger partial charge in [-0.2, -0.15) is 0 Å². The van der Waals surface area contributed by atoms with Gasteiger partial charge < -0.3 is 15.2 Å². The minimum atomic E-state index is -0.559. The Morgan fingerprint density at radius 1 is 1.35 bits per heavy atom. The van der Waals surface area contributed by atoms with Gasteiger partial charge in [-0.15, -0.1) is 11.3 Å². The molecule has 0 spiro atoms. The number of hydrogen-bond acceptors (Lipinski definition) is 4. The van der Waals surface area contributed by atoms with E-state index in [0.717, 1.165) is 0 Å². The van der Waals surface area contributed by atoms with Gasteiger partial charge in [0.15, 0.2) is 0 Å². The molecule has 5 heteroatoms. The molecule has 20 heavy (non-hydrogen) atoms. The zero-order chi connectivity index (χ0) is 14.4. The lowest BCUT2D eigenvalue weighted by molar-refractivity contribution is 0.104. The molecule has 0 saturated carbocycles. The number of ether oxygens (including phenoxy) is 1. The van der Waals surface area contributed by atoms with Crippen LogP contribution in [-0.4, -0.2) is 24.4 Å². The maximum absolute atomic E-state index is 9.91. The molecule has 3 nitrogen and oxygen atoms in total. The minimum Gasteiger partial charge on any atom is -0.491 e. The van der Waals surface area contributed by atoms with E-state index in [9.17, 15) is 5.11 Å². The fourth-order valence-corrected chi connectivity index (χ4v) is 2.70. The second kappa shape index (κ2) is 7.64. The first-order chi connectivity index (χ1) is 9.65. The molecule has 2 atom stereocenters. The number of aliphatic hydroxyl groups excluding tert-OH is 1. The molecule has 2 aromatic rings. The van der Waals surface area contributed by atoms with E-state index < -0.39 is 6.10 Å². The van der Waals surface area contributed by atoms with Gasteiger partial charge >= 0.3 is 0 Å². The average Bonchev–Trinajstić information content (AvgIpc) is 2.97. The van der Waals surface area contributed by atoms with Crippen molar-refractivity contribution >= 4 is 22.9 Å². The standard InChI is InChI=1S/C15H18ClNO2S/c1-11(15-6-3-7-20-15)17-9-13(18)10-19-14-5-2-4-12(16)8-14/h2-8,11,13,17-18H,9-10H2,1H3/t11-,13?/m0/s1. The number of hydrogen-bond donors (Lipinski definition) is 2. The van der Waals surface area contributed by atoms with Crippen LogP contribution in [0.5, 0.6) is 5.75 Å². The SMILES string of the molecule is C[C@H](NCC(O)COc1cccc(Cl)c1)c1cccs1. The van der Waals surface area contributed by atoms with E-state index in [-0.39, 0.29) is 12.6 Å². The summed E-state index contributed by atoms with van der Waals surface area (Å²) in [5, 5.41) is 15.9. The predicted molar refractivity (Wildman–Crippen MR) is 83.7 cm³/mol. The molecular formula is C15H18ClNO2S. The van der Waals surface area contributed by atoms with Crippen LogP contribution in [0, 0.1) is 0 Å². The van der Waals surface area contributed by atoms with E-state index in [4.69, 9.17) is 16.3 Å². The summed E-state index contributed by atoms with van der Waals surface area (Å²) in [4.78, 5) is 1.26. The Morgan fingerprint density at radius 2 is 2.20 bits per heavy atom. The molecule has 0 aliphatic rings. The van der Waals surface area contributed by atoms with Crippen molar-refractivity contribution in [2.45, 2.75) is 19.1 Å². The summed E-state index contributed by atoms with van der Waals surface area (Å²) < 4.78 is 5.50. The third-order valence-electron chi connectivity index (χ3n) is 2.87. The third-order valence-corrected chi connectivity index (χ3v) is 4.16. The summed E-state index contributed by atoms with van der Waals surface area (Å²) in [6.07, 6.45) is -0.559. The van der Waals surface area contributed by atoms with Crippen molar-refractivity contribution in [1.29, 1.82) is 0 Å². The van der Waals surface area contributed by atoms with Gasteiger partial charge in [-0.25, -0.2) is 0 Å². The van der Waals surface area contributed by atoms with Gasteiger partial charge in [0.1, 0.15) is 18.5 Å². The van der Waals surface area contributed by atoms with Crippen molar-refractivity contribution in [2.75, 3.05) is 13.2 Å². The summed E-state index contributed by atoms with van der Waals surface area (Å²) in [6, 6.07) is 11.5. The molecular weight excluding hydrogens is 294 g/mol. The van der Waals surface area contributed by atoms with Crippen LogP contribution in [0.15, 0.2) is 41.8 Å². The first-order valence-electron chi connectivity index (χ1n) is 6.48. The van der Waals surface area contributed by atoms with Gasteiger partial charge in [-0.05, 0) is 36.6 Å². The van der Waals surface area contributed by atoms with E-state index in [0.29, 0.717) is 17.3 Å². The number of rotatable bonds is 7. The largest absolute Gasteiger partial charge is 0.491 e. The summed E-state index contributed by atoms with van der Waals surface area (Å²) in [6.45, 7) is 2.81. The molecule has 0 fully saturated rings. The highest BCUT2D eigenvalue weighted by Gasteiger charge is 2.10. The van der Waals surface area contributed by atoms with Gasteiger partial charge in [0.2, 0.25) is 0 Å². The Hall–Kier alpha value is -1.07. The molecule has 0 bridgehead atoms. The fourth-order valence-electron chi connectivity index (χ4n) is 1.76. The lowest BCUT2D eigenvalue weighted by Crippen LogP contribution is -2.32. The quantitative estimate of drug-likeness (QED) is 0.822. The lowest BCUT2D eigenvalue weighted by atomic mass is 10.2. The molecule has 0 saturated heterocycles. The Labute approximate surface area is 128 Å². The van der Waals surface area contributed by atoms with Gasteiger partial charge in [-0.1, -0.05) is 23.7 Å². The molecule has 2 rings (SSSR count). The predicted octanol–water partition coefficient (Wildman–Crippen LogP) is 3.49. The zero-order valence-electron chi connectivity index (χ0n) is 11.3. The van der Waals surface area contributed by atoms with Crippen molar-refractivity contribution in [2.24, 2.45) is 0 Å². The second-order valence-corrected chi connectivity index (χ2v) is 5.98. The Morgan fingerprint density at radius 3 is 2.90 bits per heavy atom. The molecule has 1 aromatic heterocycles. The average molecular weight is 312 g/mol. The summed E-state index contributed by atoms with van der Waals surface area (Å²) in [5.74, 6) is 0.669. The normalized spacial score (nSPS) is 13.9. The van der Waals surface area contributed by atoms with Crippen LogP contribution in [0.25, 0.3) is 0 Å². The van der Waals surface area contributed by atoms with Gasteiger partial charge in [-0.3, -0.25) is 0 Å². The van der Waals surface area contributed by atoms with Crippen LogP contribution in [0.1, 0.15) is 17.8 Å². The molecule has 0 amide bonds. The first kappa shape index (κ1) is 15.3. The van der Waals surface area contributed by atoms with E-state index in [2.05, 4.69) is 18.3 Å². The van der Waals surface area contributed by atoms with Crippen LogP contribution in [0.3, 0.4) is 0 Å². The highest BCUT2D eigenvalue weighted by atomic mass is 35.5. The van der Waals surface area contributed by atoms with Crippen LogP contribution in [0.2, 0.25) is 5.02 Å². The summed E-state index contributed by atoms with van der Waals surface area (Å²) >= 11 is 7.57. The summed E-state index contributed by atoms with van der Waals surface area (Å²) in [5.41, 5.74) is 0. The molecule has 1 heterocycles. The smallest absolute Gasteiger partial charge is 0.120 e. The molecule has 2 N–H and O–H groups in total. The number of benzene rings is 1. The maximum atomic E-state index is 9.91. The monoisotopic (exact) mass is 311 g/mol. The van der Waals surface area contributed by atoms with Crippen molar-refractivity contribution in [3.63, 3.8) is 0 Å². The molecule has 0 aliphatic heterocycles. The highest BCUT2D eigenvalue weighted by molar-refractivity contribution is 7.10. The van der Waals surface area contributed by atoms with E-state index in [1.54, 1.807) is 23.5 Å². The van der Waals surface area contributed by atoms with Gasteiger partial charge in [0, 0.05) is 22.5 Å². The molecule has 0 aliphatic carbocycles. The Kier molecular flexibility index (Phi) is 5.86. The van der Waals surface area contributed by atoms with Crippen LogP contribution in [-0.2, 0) is 0 Å². The topological polar surface area (TPSA) is 41.5 Å². The first-order valence-corrected chi connectivity index (χ1v) is 7.74. The van der Waals surface area contributed by atoms with Crippen LogP contribution >= 0.6 is 22.9 Å². The van der Waals surface area contributed by atoms with Gasteiger partial charge in [0.05, 0.1) is 0 Å². The van der Waals surface area contributed by atoms with E-state index in [1.165, 1.54) is 4.88 Å².